The van der Waals surface area contributed by atoms with Crippen molar-refractivity contribution in [3.63, 3.8) is 0 Å². The Morgan fingerprint density at radius 1 is 1.45 bits per heavy atom. The second-order valence-corrected chi connectivity index (χ2v) is 7.07. The van der Waals surface area contributed by atoms with Crippen LogP contribution in [0.5, 0.6) is 0 Å². The van der Waals surface area contributed by atoms with Gasteiger partial charge in [0.05, 0.1) is 4.92 Å². The van der Waals surface area contributed by atoms with E-state index in [4.69, 9.17) is 11.6 Å². The van der Waals surface area contributed by atoms with Crippen LogP contribution in [0.4, 0.5) is 5.69 Å². The molecule has 0 spiro atoms. The Kier molecular flexibility index (Phi) is 5.44. The molecular formula is C15H19BrClNO2. The van der Waals surface area contributed by atoms with Gasteiger partial charge in [0.1, 0.15) is 0 Å². The summed E-state index contributed by atoms with van der Waals surface area (Å²) in [7, 11) is 0. The lowest BCUT2D eigenvalue weighted by Crippen LogP contribution is -2.27. The van der Waals surface area contributed by atoms with E-state index in [0.717, 1.165) is 22.9 Å². The van der Waals surface area contributed by atoms with Crippen LogP contribution >= 0.6 is 27.5 Å². The van der Waals surface area contributed by atoms with Crippen LogP contribution in [0.15, 0.2) is 22.7 Å². The van der Waals surface area contributed by atoms with Gasteiger partial charge in [-0.05, 0) is 43.6 Å². The average molecular weight is 361 g/mol. The molecule has 110 valence electrons. The summed E-state index contributed by atoms with van der Waals surface area (Å²) in [6.07, 6.45) is 5.16. The third-order valence-electron chi connectivity index (χ3n) is 4.30. The van der Waals surface area contributed by atoms with Crippen molar-refractivity contribution >= 4 is 33.2 Å². The summed E-state index contributed by atoms with van der Waals surface area (Å²) in [5, 5.41) is 11.3. The predicted octanol–water partition coefficient (Wildman–Crippen LogP) is 5.33. The van der Waals surface area contributed by atoms with Crippen LogP contribution in [0.3, 0.4) is 0 Å². The van der Waals surface area contributed by atoms with Gasteiger partial charge >= 0.3 is 0 Å². The van der Waals surface area contributed by atoms with Crippen LogP contribution in [0.2, 0.25) is 0 Å². The number of nitro benzene ring substituents is 1. The van der Waals surface area contributed by atoms with Gasteiger partial charge in [-0.25, -0.2) is 0 Å². The first-order chi connectivity index (χ1) is 9.51. The van der Waals surface area contributed by atoms with E-state index in [1.807, 2.05) is 12.1 Å². The van der Waals surface area contributed by atoms with Crippen LogP contribution in [0, 0.1) is 22.0 Å². The minimum atomic E-state index is -0.302. The smallest absolute Gasteiger partial charge is 0.258 e. The molecule has 1 aliphatic carbocycles. The molecule has 0 saturated heterocycles. The molecule has 1 aliphatic rings. The molecule has 0 amide bonds. The van der Waals surface area contributed by atoms with E-state index < -0.39 is 0 Å². The Balaban J connectivity index is 2.18. The minimum Gasteiger partial charge on any atom is -0.258 e. The number of nitro groups is 1. The number of hydrogen-bond donors (Lipinski definition) is 0. The molecule has 1 fully saturated rings. The zero-order valence-electron chi connectivity index (χ0n) is 11.5. The molecule has 0 aromatic heterocycles. The van der Waals surface area contributed by atoms with E-state index in [1.165, 1.54) is 12.8 Å². The van der Waals surface area contributed by atoms with Crippen molar-refractivity contribution in [1.82, 2.24) is 0 Å². The molecule has 0 bridgehead atoms. The largest absolute Gasteiger partial charge is 0.273 e. The first-order valence-corrected chi connectivity index (χ1v) is 8.31. The fraction of sp³-hybridized carbons (Fsp3) is 0.600. The molecule has 0 heterocycles. The Labute approximate surface area is 133 Å². The van der Waals surface area contributed by atoms with Crippen molar-refractivity contribution in [3.8, 4) is 0 Å². The highest BCUT2D eigenvalue weighted by Crippen LogP contribution is 2.38. The van der Waals surface area contributed by atoms with E-state index >= 15 is 0 Å². The zero-order chi connectivity index (χ0) is 14.7. The summed E-state index contributed by atoms with van der Waals surface area (Å²) >= 11 is 9.73. The van der Waals surface area contributed by atoms with Gasteiger partial charge < -0.3 is 0 Å². The summed E-state index contributed by atoms with van der Waals surface area (Å²) in [5.41, 5.74) is 0.993. The lowest BCUT2D eigenvalue weighted by Gasteiger charge is -2.32. The number of halogens is 2. The second-order valence-electron chi connectivity index (χ2n) is 5.60. The van der Waals surface area contributed by atoms with Crippen molar-refractivity contribution in [1.29, 1.82) is 0 Å². The number of hydrogen-bond acceptors (Lipinski definition) is 2. The average Bonchev–Trinajstić information content (AvgIpc) is 2.42. The maximum atomic E-state index is 11.2. The van der Waals surface area contributed by atoms with Crippen LogP contribution in [-0.4, -0.2) is 10.3 Å². The van der Waals surface area contributed by atoms with Crippen molar-refractivity contribution < 1.29 is 4.92 Å². The Bertz CT molecular complexity index is 495. The fourth-order valence-corrected chi connectivity index (χ4v) is 3.74. The quantitative estimate of drug-likeness (QED) is 0.413. The molecule has 5 heteroatoms. The molecule has 20 heavy (non-hydrogen) atoms. The van der Waals surface area contributed by atoms with Crippen LogP contribution in [-0.2, 0) is 6.42 Å². The molecule has 3 atom stereocenters. The normalized spacial score (nSPS) is 26.4. The summed E-state index contributed by atoms with van der Waals surface area (Å²) in [6.45, 7) is 2.21. The minimum absolute atomic E-state index is 0.140. The summed E-state index contributed by atoms with van der Waals surface area (Å²) < 4.78 is 0.741. The standard InChI is InChI=1S/C15H19BrClNO2/c1-2-10-3-6-14(17)12(7-10)8-11-4-5-13(16)9-15(11)18(19)20/h4-5,9-10,12,14H,2-3,6-8H2,1H3. The van der Waals surface area contributed by atoms with E-state index in [2.05, 4.69) is 22.9 Å². The molecule has 3 nitrogen and oxygen atoms in total. The lowest BCUT2D eigenvalue weighted by atomic mass is 9.77. The molecule has 2 rings (SSSR count). The van der Waals surface area contributed by atoms with Gasteiger partial charge in [0.15, 0.2) is 0 Å². The summed E-state index contributed by atoms with van der Waals surface area (Å²) in [5.74, 6) is 1.06. The van der Waals surface area contributed by atoms with Gasteiger partial charge in [-0.15, -0.1) is 11.6 Å². The molecule has 1 saturated carbocycles. The highest BCUT2D eigenvalue weighted by molar-refractivity contribution is 9.10. The fourth-order valence-electron chi connectivity index (χ4n) is 3.07. The number of nitrogens with zero attached hydrogens (tertiary/aromatic N) is 1. The third-order valence-corrected chi connectivity index (χ3v) is 5.37. The topological polar surface area (TPSA) is 43.1 Å². The van der Waals surface area contributed by atoms with Gasteiger partial charge in [-0.2, -0.15) is 0 Å². The molecular weight excluding hydrogens is 342 g/mol. The molecule has 0 radical (unpaired) electrons. The van der Waals surface area contributed by atoms with Crippen LogP contribution in [0.1, 0.15) is 38.2 Å². The highest BCUT2D eigenvalue weighted by atomic mass is 79.9. The van der Waals surface area contributed by atoms with Crippen LogP contribution < -0.4 is 0 Å². The second kappa shape index (κ2) is 6.90. The van der Waals surface area contributed by atoms with E-state index in [0.29, 0.717) is 18.3 Å². The monoisotopic (exact) mass is 359 g/mol. The van der Waals surface area contributed by atoms with Crippen molar-refractivity contribution in [3.05, 3.63) is 38.3 Å². The molecule has 0 aliphatic heterocycles. The van der Waals surface area contributed by atoms with Crippen molar-refractivity contribution in [2.45, 2.75) is 44.4 Å². The number of rotatable bonds is 4. The van der Waals surface area contributed by atoms with Gasteiger partial charge in [0, 0.05) is 21.5 Å². The van der Waals surface area contributed by atoms with E-state index in [1.54, 1.807) is 6.07 Å². The lowest BCUT2D eigenvalue weighted by molar-refractivity contribution is -0.385. The first kappa shape index (κ1) is 15.8. The maximum Gasteiger partial charge on any atom is 0.273 e. The Hall–Kier alpha value is -0.610. The van der Waals surface area contributed by atoms with Gasteiger partial charge in [0.25, 0.3) is 5.69 Å². The predicted molar refractivity (Wildman–Crippen MR) is 85.3 cm³/mol. The van der Waals surface area contributed by atoms with Gasteiger partial charge in [-0.1, -0.05) is 35.3 Å². The highest BCUT2D eigenvalue weighted by Gasteiger charge is 2.30. The van der Waals surface area contributed by atoms with Gasteiger partial charge in [0.2, 0.25) is 0 Å². The SMILES string of the molecule is CCC1CCC(Cl)C(Cc2ccc(Br)cc2[N+](=O)[O-])C1. The maximum absolute atomic E-state index is 11.2. The van der Waals surface area contributed by atoms with Crippen LogP contribution in [0.25, 0.3) is 0 Å². The molecule has 1 aromatic carbocycles. The molecule has 0 N–H and O–H groups in total. The van der Waals surface area contributed by atoms with E-state index in [9.17, 15) is 10.1 Å². The molecule has 1 aromatic rings. The summed E-state index contributed by atoms with van der Waals surface area (Å²) in [4.78, 5) is 10.9. The van der Waals surface area contributed by atoms with Gasteiger partial charge in [-0.3, -0.25) is 10.1 Å². The summed E-state index contributed by atoms with van der Waals surface area (Å²) in [6, 6.07) is 5.30. The van der Waals surface area contributed by atoms with E-state index in [-0.39, 0.29) is 16.0 Å². The molecule has 3 unspecified atom stereocenters. The number of alkyl halides is 1. The van der Waals surface area contributed by atoms with Crippen molar-refractivity contribution in [2.24, 2.45) is 11.8 Å². The van der Waals surface area contributed by atoms with Crippen molar-refractivity contribution in [2.75, 3.05) is 0 Å². The first-order valence-electron chi connectivity index (χ1n) is 7.08. The zero-order valence-corrected chi connectivity index (χ0v) is 13.9. The Morgan fingerprint density at radius 3 is 2.85 bits per heavy atom. The Morgan fingerprint density at radius 2 is 2.20 bits per heavy atom. The third kappa shape index (κ3) is 3.73. The number of benzene rings is 1.